The molecule has 0 amide bonds. The van der Waals surface area contributed by atoms with E-state index in [0.29, 0.717) is 0 Å². The zero-order chi connectivity index (χ0) is 13.6. The molecular formula is C16H13N3O. The highest BCUT2D eigenvalue weighted by Gasteiger charge is 1.98. The van der Waals surface area contributed by atoms with Crippen LogP contribution < -0.4 is 10.1 Å². The molecule has 0 bridgehead atoms. The summed E-state index contributed by atoms with van der Waals surface area (Å²) in [7, 11) is 0. The first kappa shape index (κ1) is 12.2. The zero-order valence-corrected chi connectivity index (χ0v) is 10.7. The molecule has 0 radical (unpaired) electrons. The van der Waals surface area contributed by atoms with E-state index in [4.69, 9.17) is 4.74 Å². The quantitative estimate of drug-likeness (QED) is 0.772. The maximum Gasteiger partial charge on any atom is 0.133 e. The molecule has 3 aromatic rings. The van der Waals surface area contributed by atoms with Crippen LogP contribution in [0.3, 0.4) is 0 Å². The fraction of sp³-hybridized carbons (Fsp3) is 0. The maximum absolute atomic E-state index is 5.73. The van der Waals surface area contributed by atoms with Crippen LogP contribution in [0.25, 0.3) is 0 Å². The van der Waals surface area contributed by atoms with Gasteiger partial charge in [0, 0.05) is 11.9 Å². The van der Waals surface area contributed by atoms with Crippen molar-refractivity contribution in [2.45, 2.75) is 0 Å². The first-order chi connectivity index (χ1) is 9.90. The van der Waals surface area contributed by atoms with Crippen molar-refractivity contribution < 1.29 is 4.74 Å². The number of aromatic nitrogens is 2. The Kier molecular flexibility index (Phi) is 3.55. The lowest BCUT2D eigenvalue weighted by molar-refractivity contribution is 0.483. The summed E-state index contributed by atoms with van der Waals surface area (Å²) < 4.78 is 5.73. The molecular weight excluding hydrogens is 250 g/mol. The van der Waals surface area contributed by atoms with Crippen LogP contribution in [-0.4, -0.2) is 9.97 Å². The third-order valence-corrected chi connectivity index (χ3v) is 2.69. The van der Waals surface area contributed by atoms with Crippen molar-refractivity contribution in [1.29, 1.82) is 0 Å². The number of hydrogen-bond donors (Lipinski definition) is 1. The number of anilines is 2. The minimum Gasteiger partial charge on any atom is -0.457 e. The van der Waals surface area contributed by atoms with Crippen molar-refractivity contribution in [3.8, 4) is 11.5 Å². The standard InChI is InChI=1S/C16H13N3O/c1-2-4-14(5-3-1)20-15-8-6-13(7-9-15)19-16-10-11-17-12-18-16/h1-12H,(H,17,18,19). The van der Waals surface area contributed by atoms with Gasteiger partial charge in [0.15, 0.2) is 0 Å². The molecule has 1 aromatic heterocycles. The number of ether oxygens (including phenoxy) is 1. The van der Waals surface area contributed by atoms with Crippen molar-refractivity contribution >= 4 is 11.5 Å². The lowest BCUT2D eigenvalue weighted by Crippen LogP contribution is -1.93. The van der Waals surface area contributed by atoms with Gasteiger partial charge in [-0.25, -0.2) is 9.97 Å². The number of para-hydroxylation sites is 1. The fourth-order valence-electron chi connectivity index (χ4n) is 1.74. The first-order valence-electron chi connectivity index (χ1n) is 6.26. The van der Waals surface area contributed by atoms with Crippen LogP contribution >= 0.6 is 0 Å². The van der Waals surface area contributed by atoms with Gasteiger partial charge in [-0.05, 0) is 42.5 Å². The second-order valence-electron chi connectivity index (χ2n) is 4.16. The summed E-state index contributed by atoms with van der Waals surface area (Å²) in [5, 5.41) is 3.19. The Bertz CT molecular complexity index is 594. The molecule has 1 heterocycles. The van der Waals surface area contributed by atoms with Gasteiger partial charge in [0.25, 0.3) is 0 Å². The van der Waals surface area contributed by atoms with Crippen LogP contribution in [0.2, 0.25) is 0 Å². The molecule has 0 fully saturated rings. The van der Waals surface area contributed by atoms with Crippen molar-refractivity contribution in [1.82, 2.24) is 9.97 Å². The molecule has 0 aliphatic carbocycles. The van der Waals surface area contributed by atoms with Crippen LogP contribution in [0.4, 0.5) is 11.5 Å². The molecule has 0 aliphatic rings. The van der Waals surface area contributed by atoms with E-state index in [1.807, 2.05) is 60.7 Å². The van der Waals surface area contributed by atoms with Crippen molar-refractivity contribution in [3.63, 3.8) is 0 Å². The van der Waals surface area contributed by atoms with E-state index in [9.17, 15) is 0 Å². The summed E-state index contributed by atoms with van der Waals surface area (Å²) in [5.41, 5.74) is 0.948. The molecule has 0 aliphatic heterocycles. The number of nitrogens with one attached hydrogen (secondary N) is 1. The lowest BCUT2D eigenvalue weighted by atomic mass is 10.3. The molecule has 20 heavy (non-hydrogen) atoms. The SMILES string of the molecule is c1ccc(Oc2ccc(Nc3ccncn3)cc2)cc1. The second-order valence-corrected chi connectivity index (χ2v) is 4.16. The monoisotopic (exact) mass is 263 g/mol. The predicted octanol–water partition coefficient (Wildman–Crippen LogP) is 4.01. The maximum atomic E-state index is 5.73. The number of rotatable bonds is 4. The van der Waals surface area contributed by atoms with E-state index in [1.165, 1.54) is 6.33 Å². The molecule has 4 nitrogen and oxygen atoms in total. The van der Waals surface area contributed by atoms with E-state index >= 15 is 0 Å². The summed E-state index contributed by atoms with van der Waals surface area (Å²) in [6, 6.07) is 19.2. The number of hydrogen-bond acceptors (Lipinski definition) is 4. The highest BCUT2D eigenvalue weighted by atomic mass is 16.5. The van der Waals surface area contributed by atoms with Gasteiger partial charge < -0.3 is 10.1 Å². The fourth-order valence-corrected chi connectivity index (χ4v) is 1.74. The molecule has 4 heteroatoms. The van der Waals surface area contributed by atoms with E-state index in [0.717, 1.165) is 23.0 Å². The minimum atomic E-state index is 0.761. The average molecular weight is 263 g/mol. The number of benzene rings is 2. The zero-order valence-electron chi connectivity index (χ0n) is 10.7. The highest BCUT2D eigenvalue weighted by molar-refractivity contribution is 5.56. The van der Waals surface area contributed by atoms with Crippen LogP contribution in [-0.2, 0) is 0 Å². The van der Waals surface area contributed by atoms with Crippen molar-refractivity contribution in [2.24, 2.45) is 0 Å². The topological polar surface area (TPSA) is 47.0 Å². The largest absolute Gasteiger partial charge is 0.457 e. The van der Waals surface area contributed by atoms with Crippen LogP contribution in [0, 0.1) is 0 Å². The van der Waals surface area contributed by atoms with Gasteiger partial charge >= 0.3 is 0 Å². The second kappa shape index (κ2) is 5.84. The minimum absolute atomic E-state index is 0.761. The van der Waals surface area contributed by atoms with E-state index in [2.05, 4.69) is 15.3 Å². The Morgan fingerprint density at radius 1 is 0.800 bits per heavy atom. The third-order valence-electron chi connectivity index (χ3n) is 2.69. The highest BCUT2D eigenvalue weighted by Crippen LogP contribution is 2.23. The molecule has 0 spiro atoms. The van der Waals surface area contributed by atoms with Gasteiger partial charge in [0.1, 0.15) is 23.6 Å². The molecule has 0 saturated heterocycles. The molecule has 0 atom stereocenters. The smallest absolute Gasteiger partial charge is 0.133 e. The molecule has 3 rings (SSSR count). The summed E-state index contributed by atoms with van der Waals surface area (Å²) in [6.07, 6.45) is 3.21. The molecule has 0 unspecified atom stereocenters. The van der Waals surface area contributed by atoms with Crippen molar-refractivity contribution in [2.75, 3.05) is 5.32 Å². The van der Waals surface area contributed by atoms with E-state index in [1.54, 1.807) is 6.20 Å². The summed E-state index contributed by atoms with van der Waals surface area (Å²) in [6.45, 7) is 0. The van der Waals surface area contributed by atoms with Gasteiger partial charge in [0.05, 0.1) is 0 Å². The van der Waals surface area contributed by atoms with Crippen molar-refractivity contribution in [3.05, 3.63) is 73.2 Å². The van der Waals surface area contributed by atoms with Gasteiger partial charge in [-0.3, -0.25) is 0 Å². The van der Waals surface area contributed by atoms with E-state index < -0.39 is 0 Å². The Morgan fingerprint density at radius 3 is 2.25 bits per heavy atom. The Hall–Kier alpha value is -2.88. The Labute approximate surface area is 117 Å². The summed E-state index contributed by atoms with van der Waals surface area (Å²) in [4.78, 5) is 7.99. The van der Waals surface area contributed by atoms with E-state index in [-0.39, 0.29) is 0 Å². The third kappa shape index (κ3) is 3.11. The average Bonchev–Trinajstić information content (AvgIpc) is 2.51. The predicted molar refractivity (Wildman–Crippen MR) is 78.3 cm³/mol. The Balaban J connectivity index is 1.69. The first-order valence-corrected chi connectivity index (χ1v) is 6.26. The number of nitrogens with zero attached hydrogens (tertiary/aromatic N) is 2. The Morgan fingerprint density at radius 2 is 1.55 bits per heavy atom. The molecule has 1 N–H and O–H groups in total. The summed E-state index contributed by atoms with van der Waals surface area (Å²) >= 11 is 0. The molecule has 0 saturated carbocycles. The summed E-state index contributed by atoms with van der Waals surface area (Å²) in [5.74, 6) is 2.38. The van der Waals surface area contributed by atoms with Gasteiger partial charge in [-0.15, -0.1) is 0 Å². The van der Waals surface area contributed by atoms with Crippen LogP contribution in [0.1, 0.15) is 0 Å². The normalized spacial score (nSPS) is 10.0. The molecule has 2 aromatic carbocycles. The van der Waals surface area contributed by atoms with Gasteiger partial charge in [-0.2, -0.15) is 0 Å². The van der Waals surface area contributed by atoms with Gasteiger partial charge in [-0.1, -0.05) is 18.2 Å². The lowest BCUT2D eigenvalue weighted by Gasteiger charge is -2.08. The van der Waals surface area contributed by atoms with Crippen LogP contribution in [0.15, 0.2) is 73.2 Å². The van der Waals surface area contributed by atoms with Crippen LogP contribution in [0.5, 0.6) is 11.5 Å². The molecule has 98 valence electrons. The van der Waals surface area contributed by atoms with Gasteiger partial charge in [0.2, 0.25) is 0 Å².